The Balaban J connectivity index is 0.000000172. The molecule has 0 amide bonds. The fourth-order valence-electron chi connectivity index (χ4n) is 6.25. The van der Waals surface area contributed by atoms with E-state index in [4.69, 9.17) is 20.9 Å². The minimum atomic E-state index is -4.08. The summed E-state index contributed by atoms with van der Waals surface area (Å²) in [5.41, 5.74) is 1.50. The van der Waals surface area contributed by atoms with Crippen molar-refractivity contribution in [1.29, 1.82) is 0 Å². The van der Waals surface area contributed by atoms with Gasteiger partial charge in [0.2, 0.25) is 0 Å². The number of thiophene rings is 1. The smallest absolute Gasteiger partial charge is 0.265 e. The van der Waals surface area contributed by atoms with Crippen molar-refractivity contribution in [2.75, 3.05) is 26.0 Å². The maximum absolute atomic E-state index is 11.9. The van der Waals surface area contributed by atoms with Crippen LogP contribution in [0.15, 0.2) is 35.7 Å². The Labute approximate surface area is 217 Å². The van der Waals surface area contributed by atoms with Crippen molar-refractivity contribution in [3.8, 4) is 0 Å². The number of ether oxygens (including phenoxy) is 1. The molecule has 1 aromatic carbocycles. The molecule has 0 saturated heterocycles. The van der Waals surface area contributed by atoms with Crippen LogP contribution in [0.25, 0.3) is 0 Å². The number of halogens is 1. The van der Waals surface area contributed by atoms with E-state index in [1.165, 1.54) is 10.4 Å². The van der Waals surface area contributed by atoms with Gasteiger partial charge in [0.1, 0.15) is 5.78 Å². The molecule has 2 heterocycles. The number of methoxy groups -OCH3 is 1. The number of Topliss-reactive ketones (excluding diaryl/α,β-unsaturated/α-hetero) is 1. The summed E-state index contributed by atoms with van der Waals surface area (Å²) in [7, 11) is -2.32. The van der Waals surface area contributed by atoms with E-state index in [1.807, 2.05) is 43.4 Å². The van der Waals surface area contributed by atoms with Gasteiger partial charge in [-0.05, 0) is 59.2 Å². The van der Waals surface area contributed by atoms with E-state index >= 15 is 0 Å². The Bertz CT molecular complexity index is 1180. The maximum atomic E-state index is 11.9. The minimum Gasteiger partial charge on any atom is -0.383 e. The molecule has 6 nitrogen and oxygen atoms in total. The summed E-state index contributed by atoms with van der Waals surface area (Å²) in [4.78, 5) is 15.9. The van der Waals surface area contributed by atoms with Gasteiger partial charge in [0.25, 0.3) is 10.1 Å². The van der Waals surface area contributed by atoms with Crippen molar-refractivity contribution >= 4 is 38.8 Å². The van der Waals surface area contributed by atoms with Gasteiger partial charge in [0.05, 0.1) is 23.8 Å². The summed E-state index contributed by atoms with van der Waals surface area (Å²) < 4.78 is 36.4. The molecular formula is C26H34ClNO5S2. The molecule has 2 fully saturated rings. The highest BCUT2D eigenvalue weighted by molar-refractivity contribution is 7.85. The number of carbonyl (C=O) groups excluding carboxylic acids is 1. The van der Waals surface area contributed by atoms with E-state index in [0.29, 0.717) is 19.4 Å². The first kappa shape index (κ1) is 26.8. The van der Waals surface area contributed by atoms with Crippen LogP contribution in [0.4, 0.5) is 0 Å². The lowest BCUT2D eigenvalue weighted by atomic mass is 9.70. The van der Waals surface area contributed by atoms with E-state index in [2.05, 4.69) is 22.4 Å². The van der Waals surface area contributed by atoms with Crippen molar-refractivity contribution in [1.82, 2.24) is 4.90 Å². The molecule has 5 rings (SSSR count). The number of nitrogens with zero attached hydrogens (tertiary/aromatic N) is 1. The van der Waals surface area contributed by atoms with E-state index < -0.39 is 21.3 Å². The van der Waals surface area contributed by atoms with E-state index in [9.17, 15) is 13.2 Å². The van der Waals surface area contributed by atoms with Gasteiger partial charge < -0.3 is 4.74 Å². The van der Waals surface area contributed by atoms with Crippen LogP contribution in [0.2, 0.25) is 5.02 Å². The minimum absolute atomic E-state index is 0.0152. The van der Waals surface area contributed by atoms with Gasteiger partial charge in [-0.3, -0.25) is 14.2 Å². The topological polar surface area (TPSA) is 83.9 Å². The van der Waals surface area contributed by atoms with Crippen LogP contribution < -0.4 is 0 Å². The van der Waals surface area contributed by atoms with Crippen LogP contribution in [0.3, 0.4) is 0 Å². The Morgan fingerprint density at radius 1 is 1.29 bits per heavy atom. The van der Waals surface area contributed by atoms with Crippen LogP contribution >= 0.6 is 22.9 Å². The molecule has 0 spiro atoms. The highest BCUT2D eigenvalue weighted by Crippen LogP contribution is 2.64. The third-order valence-corrected chi connectivity index (χ3v) is 10.7. The molecule has 2 aliphatic carbocycles. The lowest BCUT2D eigenvalue weighted by molar-refractivity contribution is -0.128. The zero-order valence-electron chi connectivity index (χ0n) is 20.5. The molecule has 1 aliphatic heterocycles. The molecular weight excluding hydrogens is 506 g/mol. The molecule has 1 N–H and O–H groups in total. The van der Waals surface area contributed by atoms with Crippen LogP contribution in [0.1, 0.15) is 55.2 Å². The highest BCUT2D eigenvalue weighted by Gasteiger charge is 2.65. The van der Waals surface area contributed by atoms with Crippen molar-refractivity contribution < 1.29 is 22.5 Å². The quantitative estimate of drug-likeness (QED) is 0.494. The van der Waals surface area contributed by atoms with E-state index in [-0.39, 0.29) is 23.2 Å². The summed E-state index contributed by atoms with van der Waals surface area (Å²) in [6, 6.07) is 10.5. The van der Waals surface area contributed by atoms with Crippen LogP contribution in [0, 0.1) is 16.7 Å². The van der Waals surface area contributed by atoms with Gasteiger partial charge in [-0.25, -0.2) is 0 Å². The monoisotopic (exact) mass is 539 g/mol. The molecule has 3 aliphatic rings. The molecule has 1 aromatic heterocycles. The first-order chi connectivity index (χ1) is 16.5. The first-order valence-corrected chi connectivity index (χ1v) is 14.9. The van der Waals surface area contributed by atoms with Crippen molar-refractivity contribution in [3.63, 3.8) is 0 Å². The predicted octanol–water partition coefficient (Wildman–Crippen LogP) is 5.42. The third-order valence-electron chi connectivity index (χ3n) is 8.43. The predicted molar refractivity (Wildman–Crippen MR) is 139 cm³/mol. The molecule has 35 heavy (non-hydrogen) atoms. The third kappa shape index (κ3) is 5.24. The molecule has 2 bridgehead atoms. The fraction of sp³-hybridized carbons (Fsp3) is 0.577. The lowest BCUT2D eigenvalue weighted by Crippen LogP contribution is -2.42. The molecule has 2 unspecified atom stereocenters. The molecule has 2 saturated carbocycles. The average molecular weight is 540 g/mol. The van der Waals surface area contributed by atoms with Gasteiger partial charge >= 0.3 is 0 Å². The zero-order valence-corrected chi connectivity index (χ0v) is 22.9. The summed E-state index contributed by atoms with van der Waals surface area (Å²) >= 11 is 8.24. The van der Waals surface area contributed by atoms with Gasteiger partial charge in [-0.2, -0.15) is 8.42 Å². The van der Waals surface area contributed by atoms with Crippen molar-refractivity contribution in [2.45, 2.75) is 52.1 Å². The summed E-state index contributed by atoms with van der Waals surface area (Å²) in [6.45, 7) is 6.61. The normalized spacial score (nSPS) is 26.2. The number of hydrogen-bond donors (Lipinski definition) is 1. The number of fused-ring (bicyclic) bond motifs is 3. The Morgan fingerprint density at radius 2 is 2.03 bits per heavy atom. The van der Waals surface area contributed by atoms with E-state index in [0.717, 1.165) is 36.5 Å². The summed E-state index contributed by atoms with van der Waals surface area (Å²) in [5, 5.41) is 3.01. The standard InChI is InChI=1S/C16H18ClNOS.C10H16O4S/c1-19-11-15(13-4-2-3-5-14(13)17)18-8-6-16-12(10-18)7-9-20-16;1-9(2)7-3-4-10(9,8(11)5-7)6-15(12,13)14/h2-5,7,9,15H,6,8,10-11H2,1H3;7H,3-6H2,1-2H3,(H,12,13,14)/t15-;/m0./s1. The number of carbonyl (C=O) groups is 1. The second kappa shape index (κ2) is 10.2. The Hall–Kier alpha value is -1.29. The summed E-state index contributed by atoms with van der Waals surface area (Å²) in [6.07, 6.45) is 3.09. The Kier molecular flexibility index (Phi) is 7.82. The summed E-state index contributed by atoms with van der Waals surface area (Å²) in [5.74, 6) is -0.101. The number of hydrogen-bond acceptors (Lipinski definition) is 6. The lowest BCUT2D eigenvalue weighted by Gasteiger charge is -2.35. The van der Waals surface area contributed by atoms with E-state index in [1.54, 1.807) is 7.11 Å². The van der Waals surface area contributed by atoms with Gasteiger partial charge in [-0.15, -0.1) is 11.3 Å². The number of rotatable bonds is 6. The SMILES string of the molecule is CC1(C)C2CCC1(CS(=O)(=O)O)C(=O)C2.COC[C@@H](c1ccccc1Cl)N1CCc2sccc2C1. The largest absolute Gasteiger partial charge is 0.383 e. The highest BCUT2D eigenvalue weighted by atomic mass is 35.5. The fourth-order valence-corrected chi connectivity index (χ4v) is 8.70. The molecule has 3 atom stereocenters. The van der Waals surface area contributed by atoms with Crippen LogP contribution in [-0.2, 0) is 32.6 Å². The van der Waals surface area contributed by atoms with Crippen molar-refractivity contribution in [2.24, 2.45) is 16.7 Å². The second-order valence-electron chi connectivity index (χ2n) is 10.5. The Morgan fingerprint density at radius 3 is 2.63 bits per heavy atom. The van der Waals surface area contributed by atoms with Gasteiger partial charge in [0.15, 0.2) is 0 Å². The van der Waals surface area contributed by atoms with Crippen LogP contribution in [-0.4, -0.2) is 49.7 Å². The molecule has 192 valence electrons. The average Bonchev–Trinajstić information content (AvgIpc) is 3.40. The maximum Gasteiger partial charge on any atom is 0.265 e. The second-order valence-corrected chi connectivity index (χ2v) is 13.3. The first-order valence-electron chi connectivity index (χ1n) is 12.0. The van der Waals surface area contributed by atoms with Crippen LogP contribution in [0.5, 0.6) is 0 Å². The van der Waals surface area contributed by atoms with Crippen molar-refractivity contribution in [3.05, 3.63) is 56.7 Å². The molecule has 0 radical (unpaired) electrons. The number of benzene rings is 1. The molecule has 9 heteroatoms. The zero-order chi connectivity index (χ0) is 25.4. The van der Waals surface area contributed by atoms with Gasteiger partial charge in [0, 0.05) is 36.5 Å². The molecule has 2 aromatic rings. The number of ketones is 1. The van der Waals surface area contributed by atoms with Gasteiger partial charge in [-0.1, -0.05) is 43.6 Å².